The van der Waals surface area contributed by atoms with Crippen LogP contribution in [0.2, 0.25) is 0 Å². The number of halogens is 1. The molecule has 178 valence electrons. The van der Waals surface area contributed by atoms with Crippen LogP contribution in [0.5, 0.6) is 0 Å². The topological polar surface area (TPSA) is 57.2 Å². The number of benzene rings is 1. The molecule has 0 radical (unpaired) electrons. The minimum atomic E-state index is -0.231. The van der Waals surface area contributed by atoms with Crippen LogP contribution < -0.4 is 10.2 Å². The van der Waals surface area contributed by atoms with Crippen LogP contribution in [0.25, 0.3) is 21.8 Å². The van der Waals surface area contributed by atoms with Crippen molar-refractivity contribution in [1.29, 1.82) is 0 Å². The molecule has 0 amide bonds. The predicted octanol–water partition coefficient (Wildman–Crippen LogP) is 4.55. The quantitative estimate of drug-likeness (QED) is 0.581. The maximum Gasteiger partial charge on any atom is 0.225 e. The SMILES string of the molecule is Fc1ccc(-c2nc(C3CCNCC3)sc2-c2ccnc(N3CCC(N4CCC4)CC3)n2)cc1. The summed E-state index contributed by atoms with van der Waals surface area (Å²) in [6, 6.07) is 9.37. The van der Waals surface area contributed by atoms with Crippen molar-refractivity contribution < 1.29 is 4.39 Å². The van der Waals surface area contributed by atoms with E-state index >= 15 is 0 Å². The average molecular weight is 479 g/mol. The predicted molar refractivity (Wildman–Crippen MR) is 135 cm³/mol. The third kappa shape index (κ3) is 4.46. The molecule has 2 aromatic heterocycles. The molecule has 3 aliphatic heterocycles. The van der Waals surface area contributed by atoms with Gasteiger partial charge in [0, 0.05) is 36.8 Å². The molecule has 3 saturated heterocycles. The van der Waals surface area contributed by atoms with Crippen LogP contribution in [-0.2, 0) is 0 Å². The third-order valence-electron chi connectivity index (χ3n) is 7.48. The van der Waals surface area contributed by atoms with Gasteiger partial charge in [0.15, 0.2) is 0 Å². The zero-order chi connectivity index (χ0) is 22.9. The van der Waals surface area contributed by atoms with Gasteiger partial charge in [-0.3, -0.25) is 0 Å². The summed E-state index contributed by atoms with van der Waals surface area (Å²) in [5.41, 5.74) is 2.75. The van der Waals surface area contributed by atoms with Crippen LogP contribution in [0.1, 0.15) is 43.0 Å². The summed E-state index contributed by atoms with van der Waals surface area (Å²) in [4.78, 5) is 20.7. The van der Waals surface area contributed by atoms with Crippen LogP contribution in [-0.4, -0.2) is 65.2 Å². The monoisotopic (exact) mass is 478 g/mol. The highest BCUT2D eigenvalue weighted by Gasteiger charge is 2.29. The largest absolute Gasteiger partial charge is 0.341 e. The molecule has 1 N–H and O–H groups in total. The van der Waals surface area contributed by atoms with E-state index in [0.29, 0.717) is 12.0 Å². The fourth-order valence-corrected chi connectivity index (χ4v) is 6.55. The summed E-state index contributed by atoms with van der Waals surface area (Å²) in [5.74, 6) is 1.03. The molecule has 6 rings (SSSR count). The third-order valence-corrected chi connectivity index (χ3v) is 8.72. The highest BCUT2D eigenvalue weighted by molar-refractivity contribution is 7.15. The Morgan fingerprint density at radius 2 is 1.68 bits per heavy atom. The van der Waals surface area contributed by atoms with Gasteiger partial charge in [-0.1, -0.05) is 0 Å². The molecule has 0 atom stereocenters. The van der Waals surface area contributed by atoms with E-state index in [1.807, 2.05) is 24.4 Å². The van der Waals surface area contributed by atoms with Crippen LogP contribution in [0.4, 0.5) is 10.3 Å². The van der Waals surface area contributed by atoms with Crippen molar-refractivity contribution in [2.24, 2.45) is 0 Å². The van der Waals surface area contributed by atoms with E-state index in [-0.39, 0.29) is 5.82 Å². The Bertz CT molecular complexity index is 1110. The number of hydrogen-bond donors (Lipinski definition) is 1. The van der Waals surface area contributed by atoms with Gasteiger partial charge >= 0.3 is 0 Å². The maximum absolute atomic E-state index is 13.6. The molecule has 0 saturated carbocycles. The Labute approximate surface area is 204 Å². The van der Waals surface area contributed by atoms with Crippen molar-refractivity contribution in [1.82, 2.24) is 25.2 Å². The second-order valence-electron chi connectivity index (χ2n) is 9.61. The highest BCUT2D eigenvalue weighted by atomic mass is 32.1. The van der Waals surface area contributed by atoms with Gasteiger partial charge in [-0.15, -0.1) is 11.3 Å². The lowest BCUT2D eigenvalue weighted by molar-refractivity contribution is 0.0999. The fourth-order valence-electron chi connectivity index (χ4n) is 5.32. The zero-order valence-corrected chi connectivity index (χ0v) is 20.2. The second kappa shape index (κ2) is 9.68. The lowest BCUT2D eigenvalue weighted by Crippen LogP contribution is -2.50. The summed E-state index contributed by atoms with van der Waals surface area (Å²) in [6.07, 6.45) is 7.75. The van der Waals surface area contributed by atoms with Gasteiger partial charge in [-0.05, 0) is 88.6 Å². The second-order valence-corrected chi connectivity index (χ2v) is 10.6. The van der Waals surface area contributed by atoms with Crippen LogP contribution >= 0.6 is 11.3 Å². The first-order valence-corrected chi connectivity index (χ1v) is 13.4. The Morgan fingerprint density at radius 3 is 2.38 bits per heavy atom. The van der Waals surface area contributed by atoms with E-state index in [0.717, 1.165) is 71.8 Å². The summed E-state index contributed by atoms with van der Waals surface area (Å²) < 4.78 is 13.6. The number of nitrogens with zero attached hydrogens (tertiary/aromatic N) is 5. The van der Waals surface area contributed by atoms with E-state index in [1.54, 1.807) is 11.3 Å². The number of likely N-dealkylation sites (tertiary alicyclic amines) is 1. The first-order chi connectivity index (χ1) is 16.7. The summed E-state index contributed by atoms with van der Waals surface area (Å²) in [6.45, 7) is 6.56. The maximum atomic E-state index is 13.6. The average Bonchev–Trinajstić information content (AvgIpc) is 3.30. The molecule has 0 unspecified atom stereocenters. The summed E-state index contributed by atoms with van der Waals surface area (Å²) in [5, 5.41) is 4.60. The van der Waals surface area contributed by atoms with Gasteiger partial charge in [0.2, 0.25) is 5.95 Å². The standard InChI is InChI=1S/C26H31FN6S/c27-20-4-2-18(3-5-20)23-24(34-25(31-23)19-6-11-28-12-7-19)22-8-13-29-26(30-22)33-16-9-21(10-17-33)32-14-1-15-32/h2-5,8,13,19,21,28H,1,6-7,9-12,14-17H2. The van der Waals surface area contributed by atoms with Crippen molar-refractivity contribution in [2.75, 3.05) is 44.2 Å². The van der Waals surface area contributed by atoms with E-state index < -0.39 is 0 Å². The van der Waals surface area contributed by atoms with Crippen molar-refractivity contribution in [2.45, 2.75) is 44.1 Å². The number of aromatic nitrogens is 3. The number of nitrogens with one attached hydrogen (secondary N) is 1. The van der Waals surface area contributed by atoms with Crippen molar-refractivity contribution in [3.8, 4) is 21.8 Å². The minimum Gasteiger partial charge on any atom is -0.341 e. The molecule has 0 spiro atoms. The molecule has 3 aromatic rings. The Hall–Kier alpha value is -2.42. The van der Waals surface area contributed by atoms with E-state index in [1.165, 1.54) is 44.5 Å². The van der Waals surface area contributed by atoms with Gasteiger partial charge in [-0.2, -0.15) is 0 Å². The van der Waals surface area contributed by atoms with Crippen molar-refractivity contribution >= 4 is 17.3 Å². The van der Waals surface area contributed by atoms with Gasteiger partial charge in [-0.25, -0.2) is 19.3 Å². The van der Waals surface area contributed by atoms with Gasteiger partial charge < -0.3 is 15.1 Å². The lowest BCUT2D eigenvalue weighted by Gasteiger charge is -2.42. The van der Waals surface area contributed by atoms with Gasteiger partial charge in [0.05, 0.1) is 21.3 Å². The summed E-state index contributed by atoms with van der Waals surface area (Å²) >= 11 is 1.74. The van der Waals surface area contributed by atoms with Crippen LogP contribution in [0, 0.1) is 5.82 Å². The van der Waals surface area contributed by atoms with E-state index in [9.17, 15) is 4.39 Å². The first kappa shape index (κ1) is 22.1. The molecule has 34 heavy (non-hydrogen) atoms. The normalized spacial score (nSPS) is 20.4. The number of rotatable bonds is 5. The molecular weight excluding hydrogens is 447 g/mol. The van der Waals surface area contributed by atoms with Crippen molar-refractivity contribution in [3.63, 3.8) is 0 Å². The van der Waals surface area contributed by atoms with E-state index in [4.69, 9.17) is 9.97 Å². The van der Waals surface area contributed by atoms with Crippen LogP contribution in [0.15, 0.2) is 36.5 Å². The summed E-state index contributed by atoms with van der Waals surface area (Å²) in [7, 11) is 0. The molecule has 0 aliphatic carbocycles. The number of piperidine rings is 2. The van der Waals surface area contributed by atoms with Gasteiger partial charge in [0.1, 0.15) is 5.82 Å². The highest BCUT2D eigenvalue weighted by Crippen LogP contribution is 2.40. The first-order valence-electron chi connectivity index (χ1n) is 12.5. The molecule has 0 bridgehead atoms. The Balaban J connectivity index is 1.30. The van der Waals surface area contributed by atoms with Crippen molar-refractivity contribution in [3.05, 3.63) is 47.4 Å². The molecule has 3 aliphatic rings. The molecule has 8 heteroatoms. The molecule has 3 fully saturated rings. The smallest absolute Gasteiger partial charge is 0.225 e. The number of thiazole rings is 1. The number of anilines is 1. The number of hydrogen-bond acceptors (Lipinski definition) is 7. The zero-order valence-electron chi connectivity index (χ0n) is 19.4. The Kier molecular flexibility index (Phi) is 6.28. The molecule has 6 nitrogen and oxygen atoms in total. The minimum absolute atomic E-state index is 0.231. The lowest BCUT2D eigenvalue weighted by atomic mass is 9.99. The fraction of sp³-hybridized carbons (Fsp3) is 0.500. The van der Waals surface area contributed by atoms with Gasteiger partial charge in [0.25, 0.3) is 0 Å². The van der Waals surface area contributed by atoms with Crippen LogP contribution in [0.3, 0.4) is 0 Å². The van der Waals surface area contributed by atoms with E-state index in [2.05, 4.69) is 20.1 Å². The molecule has 1 aromatic carbocycles. The molecular formula is C26H31FN6S. The Morgan fingerprint density at radius 1 is 0.912 bits per heavy atom. The molecule has 5 heterocycles.